The van der Waals surface area contributed by atoms with Gasteiger partial charge in [0.25, 0.3) is 0 Å². The van der Waals surface area contributed by atoms with Gasteiger partial charge >= 0.3 is 0 Å². The molecule has 0 aliphatic carbocycles. The van der Waals surface area contributed by atoms with E-state index in [1.54, 1.807) is 19.9 Å². The summed E-state index contributed by atoms with van der Waals surface area (Å²) in [5, 5.41) is 3.09. The van der Waals surface area contributed by atoms with E-state index in [4.69, 9.17) is 0 Å². The molecule has 0 saturated heterocycles. The van der Waals surface area contributed by atoms with Crippen LogP contribution in [0.1, 0.15) is 31.0 Å². The summed E-state index contributed by atoms with van der Waals surface area (Å²) in [6, 6.07) is 5.00. The van der Waals surface area contributed by atoms with E-state index in [0.29, 0.717) is 12.1 Å². The second-order valence-corrected chi connectivity index (χ2v) is 6.89. The van der Waals surface area contributed by atoms with Gasteiger partial charge in [0.1, 0.15) is 5.82 Å². The summed E-state index contributed by atoms with van der Waals surface area (Å²) in [4.78, 5) is 0. The molecule has 0 bridgehead atoms. The first-order valence-corrected chi connectivity index (χ1v) is 7.87. The van der Waals surface area contributed by atoms with E-state index in [2.05, 4.69) is 5.32 Å². The number of nitrogens with one attached hydrogen (secondary N) is 1. The summed E-state index contributed by atoms with van der Waals surface area (Å²) in [6.45, 7) is 5.62. The molecule has 1 aromatic rings. The molecule has 0 aliphatic heterocycles. The summed E-state index contributed by atoms with van der Waals surface area (Å²) in [7, 11) is -2.95. The van der Waals surface area contributed by atoms with Crippen LogP contribution in [0.25, 0.3) is 0 Å². The second-order valence-electron chi connectivity index (χ2n) is 4.42. The number of aryl methyl sites for hydroxylation is 1. The Morgan fingerprint density at radius 1 is 1.39 bits per heavy atom. The number of hydrogen-bond acceptors (Lipinski definition) is 3. The fraction of sp³-hybridized carbons (Fsp3) is 0.538. The van der Waals surface area contributed by atoms with Crippen molar-refractivity contribution >= 4 is 9.84 Å². The van der Waals surface area contributed by atoms with E-state index in [0.717, 1.165) is 5.56 Å². The third-order valence-electron chi connectivity index (χ3n) is 3.00. The van der Waals surface area contributed by atoms with Crippen molar-refractivity contribution in [2.75, 3.05) is 18.1 Å². The Bertz CT molecular complexity index is 500. The molecule has 1 unspecified atom stereocenters. The van der Waals surface area contributed by atoms with Crippen LogP contribution in [0.4, 0.5) is 4.39 Å². The molecule has 3 nitrogen and oxygen atoms in total. The van der Waals surface area contributed by atoms with Gasteiger partial charge in [-0.25, -0.2) is 12.8 Å². The van der Waals surface area contributed by atoms with Crippen molar-refractivity contribution in [3.8, 4) is 0 Å². The third-order valence-corrected chi connectivity index (χ3v) is 4.71. The van der Waals surface area contributed by atoms with Gasteiger partial charge in [-0.05, 0) is 31.0 Å². The van der Waals surface area contributed by atoms with Crippen LogP contribution in [0.5, 0.6) is 0 Å². The van der Waals surface area contributed by atoms with Crippen LogP contribution < -0.4 is 5.32 Å². The Morgan fingerprint density at radius 3 is 2.61 bits per heavy atom. The predicted octanol–water partition coefficient (Wildman–Crippen LogP) is 2.22. The Balaban J connectivity index is 2.55. The van der Waals surface area contributed by atoms with Gasteiger partial charge in [0.05, 0.1) is 5.75 Å². The van der Waals surface area contributed by atoms with E-state index in [1.807, 2.05) is 13.0 Å². The minimum absolute atomic E-state index is 0.0628. The SMILES string of the molecule is CCS(=O)(=O)CCNC(C)c1ccc(C)c(F)c1. The highest BCUT2D eigenvalue weighted by molar-refractivity contribution is 7.91. The number of sulfone groups is 1. The molecule has 0 fully saturated rings. The molecule has 0 aliphatic rings. The first-order valence-electron chi connectivity index (χ1n) is 6.05. The lowest BCUT2D eigenvalue weighted by atomic mass is 10.1. The van der Waals surface area contributed by atoms with Gasteiger partial charge in [-0.2, -0.15) is 0 Å². The molecular formula is C13H20FNO2S. The first-order chi connectivity index (χ1) is 8.35. The molecule has 0 saturated carbocycles. The number of benzene rings is 1. The maximum atomic E-state index is 13.4. The van der Waals surface area contributed by atoms with Crippen LogP contribution in [0.2, 0.25) is 0 Å². The van der Waals surface area contributed by atoms with E-state index < -0.39 is 9.84 Å². The maximum absolute atomic E-state index is 13.4. The van der Waals surface area contributed by atoms with Crippen molar-refractivity contribution in [3.63, 3.8) is 0 Å². The maximum Gasteiger partial charge on any atom is 0.151 e. The van der Waals surface area contributed by atoms with Gasteiger partial charge in [0, 0.05) is 18.3 Å². The highest BCUT2D eigenvalue weighted by Gasteiger charge is 2.10. The van der Waals surface area contributed by atoms with Crippen molar-refractivity contribution < 1.29 is 12.8 Å². The van der Waals surface area contributed by atoms with E-state index >= 15 is 0 Å². The molecule has 0 heterocycles. The lowest BCUT2D eigenvalue weighted by molar-refractivity contribution is 0.566. The highest BCUT2D eigenvalue weighted by atomic mass is 32.2. The Hall–Kier alpha value is -0.940. The van der Waals surface area contributed by atoms with Crippen LogP contribution in [0, 0.1) is 12.7 Å². The van der Waals surface area contributed by atoms with Gasteiger partial charge < -0.3 is 5.32 Å². The predicted molar refractivity (Wildman–Crippen MR) is 71.9 cm³/mol. The summed E-state index contributed by atoms with van der Waals surface area (Å²) in [5.74, 6) is 0.0343. The van der Waals surface area contributed by atoms with Crippen LogP contribution in [0.15, 0.2) is 18.2 Å². The van der Waals surface area contributed by atoms with Crippen molar-refractivity contribution in [1.29, 1.82) is 0 Å². The zero-order valence-corrected chi connectivity index (χ0v) is 11.8. The van der Waals surface area contributed by atoms with Crippen molar-refractivity contribution in [2.24, 2.45) is 0 Å². The molecule has 0 aromatic heterocycles. The highest BCUT2D eigenvalue weighted by Crippen LogP contribution is 2.15. The standard InChI is InChI=1S/C13H20FNO2S/c1-4-18(16,17)8-7-15-11(3)12-6-5-10(2)13(14)9-12/h5-6,9,11,15H,4,7-8H2,1-3H3. The van der Waals surface area contributed by atoms with E-state index in [1.165, 1.54) is 6.07 Å². The molecule has 102 valence electrons. The molecule has 18 heavy (non-hydrogen) atoms. The summed E-state index contributed by atoms with van der Waals surface area (Å²) >= 11 is 0. The molecule has 0 spiro atoms. The Labute approximate surface area is 108 Å². The number of rotatable bonds is 6. The minimum Gasteiger partial charge on any atom is -0.309 e. The molecule has 1 atom stereocenters. The fourth-order valence-corrected chi connectivity index (χ4v) is 2.29. The van der Waals surface area contributed by atoms with Crippen LogP contribution >= 0.6 is 0 Å². The molecule has 1 rings (SSSR count). The van der Waals surface area contributed by atoms with Gasteiger partial charge in [-0.15, -0.1) is 0 Å². The Morgan fingerprint density at radius 2 is 2.06 bits per heavy atom. The molecule has 1 aromatic carbocycles. The quantitative estimate of drug-likeness (QED) is 0.864. The lowest BCUT2D eigenvalue weighted by Crippen LogP contribution is -2.26. The topological polar surface area (TPSA) is 46.2 Å². The summed E-state index contributed by atoms with van der Waals surface area (Å²) in [5.41, 5.74) is 1.44. The van der Waals surface area contributed by atoms with Crippen LogP contribution in [-0.4, -0.2) is 26.5 Å². The molecular weight excluding hydrogens is 253 g/mol. The lowest BCUT2D eigenvalue weighted by Gasteiger charge is -2.14. The van der Waals surface area contributed by atoms with Crippen LogP contribution in [0.3, 0.4) is 0 Å². The van der Waals surface area contributed by atoms with E-state index in [-0.39, 0.29) is 23.4 Å². The van der Waals surface area contributed by atoms with Crippen LogP contribution in [-0.2, 0) is 9.84 Å². The molecule has 0 radical (unpaired) electrons. The molecule has 0 amide bonds. The average Bonchev–Trinajstić information content (AvgIpc) is 2.32. The van der Waals surface area contributed by atoms with Crippen molar-refractivity contribution in [2.45, 2.75) is 26.8 Å². The molecule has 1 N–H and O–H groups in total. The second kappa shape index (κ2) is 6.29. The van der Waals surface area contributed by atoms with E-state index in [9.17, 15) is 12.8 Å². The van der Waals surface area contributed by atoms with Gasteiger partial charge in [-0.3, -0.25) is 0 Å². The smallest absolute Gasteiger partial charge is 0.151 e. The van der Waals surface area contributed by atoms with Gasteiger partial charge in [-0.1, -0.05) is 19.1 Å². The monoisotopic (exact) mass is 273 g/mol. The van der Waals surface area contributed by atoms with Gasteiger partial charge in [0.2, 0.25) is 0 Å². The van der Waals surface area contributed by atoms with Gasteiger partial charge in [0.15, 0.2) is 9.84 Å². The first kappa shape index (κ1) is 15.1. The summed E-state index contributed by atoms with van der Waals surface area (Å²) < 4.78 is 36.0. The third kappa shape index (κ3) is 4.38. The summed E-state index contributed by atoms with van der Waals surface area (Å²) in [6.07, 6.45) is 0. The minimum atomic E-state index is -2.95. The van der Waals surface area contributed by atoms with Crippen molar-refractivity contribution in [3.05, 3.63) is 35.1 Å². The fourth-order valence-electron chi connectivity index (χ4n) is 1.57. The average molecular weight is 273 g/mol. The molecule has 5 heteroatoms. The zero-order valence-electron chi connectivity index (χ0n) is 11.0. The normalized spacial score (nSPS) is 13.6. The zero-order chi connectivity index (χ0) is 13.8. The van der Waals surface area contributed by atoms with Crippen molar-refractivity contribution in [1.82, 2.24) is 5.32 Å². The number of halogens is 1. The number of hydrogen-bond donors (Lipinski definition) is 1. The largest absolute Gasteiger partial charge is 0.309 e. The Kier molecular flexibility index (Phi) is 5.28.